The van der Waals surface area contributed by atoms with Gasteiger partial charge in [-0.15, -0.1) is 0 Å². The Balaban J connectivity index is 2.44. The molecule has 0 aromatic carbocycles. The Bertz CT molecular complexity index is 240. The van der Waals surface area contributed by atoms with Crippen molar-refractivity contribution in [2.75, 3.05) is 13.1 Å². The van der Waals surface area contributed by atoms with E-state index in [1.54, 1.807) is 6.92 Å². The van der Waals surface area contributed by atoms with Gasteiger partial charge in [0.25, 0.3) is 0 Å². The zero-order chi connectivity index (χ0) is 9.84. The molecule has 0 spiro atoms. The summed E-state index contributed by atoms with van der Waals surface area (Å²) in [4.78, 5) is 23.0. The number of imide groups is 1. The first-order chi connectivity index (χ1) is 6.15. The zero-order valence-electron chi connectivity index (χ0n) is 7.54. The lowest BCUT2D eigenvalue weighted by Crippen LogP contribution is -2.32. The van der Waals surface area contributed by atoms with Crippen LogP contribution in [0.3, 0.4) is 0 Å². The normalized spacial score (nSPS) is 21.3. The van der Waals surface area contributed by atoms with Crippen molar-refractivity contribution in [3.8, 4) is 0 Å². The van der Waals surface area contributed by atoms with E-state index in [0.717, 1.165) is 13.0 Å². The Labute approximate surface area is 76.6 Å². The van der Waals surface area contributed by atoms with E-state index in [2.05, 4.69) is 5.32 Å². The molecule has 1 aliphatic heterocycles. The smallest absolute Gasteiger partial charge is 0.231 e. The number of hydrogen-bond donors (Lipinski definition) is 2. The van der Waals surface area contributed by atoms with Crippen LogP contribution in [0.15, 0.2) is 0 Å². The molecule has 0 bridgehead atoms. The summed E-state index contributed by atoms with van der Waals surface area (Å²) in [7, 11) is 0. The van der Waals surface area contributed by atoms with E-state index in [1.807, 2.05) is 4.90 Å². The summed E-state index contributed by atoms with van der Waals surface area (Å²) in [6, 6.07) is 0. The third-order valence-electron chi connectivity index (χ3n) is 2.23. The molecule has 5 heteroatoms. The Morgan fingerprint density at radius 3 is 2.85 bits per heavy atom. The van der Waals surface area contributed by atoms with E-state index in [-0.39, 0.29) is 11.8 Å². The highest BCUT2D eigenvalue weighted by Gasteiger charge is 2.28. The second kappa shape index (κ2) is 4.02. The van der Waals surface area contributed by atoms with Gasteiger partial charge in [0.15, 0.2) is 0 Å². The van der Waals surface area contributed by atoms with Crippen molar-refractivity contribution < 1.29 is 9.59 Å². The van der Waals surface area contributed by atoms with Crippen molar-refractivity contribution in [2.24, 2.45) is 5.92 Å². The first kappa shape index (κ1) is 9.70. The Kier molecular flexibility index (Phi) is 3.00. The largest absolute Gasteiger partial charge is 0.360 e. The number of rotatable bonds is 2. The van der Waals surface area contributed by atoms with Gasteiger partial charge in [-0.25, -0.2) is 0 Å². The minimum absolute atomic E-state index is 0.148. The fraction of sp³-hybridized carbons (Fsp3) is 0.625. The lowest BCUT2D eigenvalue weighted by molar-refractivity contribution is -0.128. The van der Waals surface area contributed by atoms with Crippen molar-refractivity contribution in [1.29, 1.82) is 5.41 Å². The predicted molar refractivity (Wildman–Crippen MR) is 47.3 cm³/mol. The molecule has 1 aliphatic rings. The van der Waals surface area contributed by atoms with Crippen LogP contribution < -0.4 is 5.32 Å². The van der Waals surface area contributed by atoms with Gasteiger partial charge in [0, 0.05) is 13.1 Å². The molecular formula is C8H13N3O2. The molecule has 1 fully saturated rings. The fourth-order valence-electron chi connectivity index (χ4n) is 1.45. The number of nitrogens with one attached hydrogen (secondary N) is 2. The Hall–Kier alpha value is -1.39. The highest BCUT2D eigenvalue weighted by atomic mass is 16.2. The van der Waals surface area contributed by atoms with E-state index in [1.165, 1.54) is 0 Å². The number of carbonyl (C=O) groups is 2. The Morgan fingerprint density at radius 1 is 1.69 bits per heavy atom. The summed E-state index contributed by atoms with van der Waals surface area (Å²) in [6.07, 6.45) is 1.12. The van der Waals surface area contributed by atoms with E-state index in [0.29, 0.717) is 18.8 Å². The quantitative estimate of drug-likeness (QED) is 0.347. The highest BCUT2D eigenvalue weighted by molar-refractivity contribution is 5.88. The van der Waals surface area contributed by atoms with Crippen LogP contribution >= 0.6 is 0 Å². The van der Waals surface area contributed by atoms with Crippen LogP contribution in [0.1, 0.15) is 13.3 Å². The number of hydrogen-bond acceptors (Lipinski definition) is 3. The van der Waals surface area contributed by atoms with E-state index in [9.17, 15) is 9.59 Å². The first-order valence-corrected chi connectivity index (χ1v) is 4.19. The molecule has 72 valence electrons. The molecule has 2 amide bonds. The van der Waals surface area contributed by atoms with Crippen LogP contribution in [0.4, 0.5) is 0 Å². The van der Waals surface area contributed by atoms with Gasteiger partial charge in [-0.1, -0.05) is 0 Å². The van der Waals surface area contributed by atoms with Gasteiger partial charge in [0.05, 0.1) is 11.8 Å². The maximum atomic E-state index is 11.2. The summed E-state index contributed by atoms with van der Waals surface area (Å²) in [5, 5.41) is 9.48. The molecule has 1 heterocycles. The second-order valence-electron chi connectivity index (χ2n) is 3.14. The average Bonchev–Trinajstić information content (AvgIpc) is 2.52. The van der Waals surface area contributed by atoms with Crippen LogP contribution in [0, 0.1) is 11.3 Å². The van der Waals surface area contributed by atoms with Crippen molar-refractivity contribution in [1.82, 2.24) is 10.2 Å². The SMILES string of the molecule is CC(=N)N1CCC(C(=O)NC=O)C1. The monoisotopic (exact) mass is 183 g/mol. The van der Waals surface area contributed by atoms with Gasteiger partial charge in [-0.3, -0.25) is 20.3 Å². The van der Waals surface area contributed by atoms with Crippen LogP contribution in [-0.4, -0.2) is 36.1 Å². The van der Waals surface area contributed by atoms with Crippen molar-refractivity contribution >= 4 is 18.2 Å². The molecule has 0 aromatic heterocycles. The molecule has 0 radical (unpaired) electrons. The number of nitrogens with zero attached hydrogens (tertiary/aromatic N) is 1. The molecule has 1 atom stereocenters. The van der Waals surface area contributed by atoms with E-state index >= 15 is 0 Å². The van der Waals surface area contributed by atoms with Gasteiger partial charge in [-0.2, -0.15) is 0 Å². The third-order valence-corrected chi connectivity index (χ3v) is 2.23. The standard InChI is InChI=1S/C8H13N3O2/c1-6(9)11-3-2-7(4-11)8(13)10-5-12/h5,7,9H,2-4H2,1H3,(H,10,12,13). The van der Waals surface area contributed by atoms with Crippen molar-refractivity contribution in [3.05, 3.63) is 0 Å². The highest BCUT2D eigenvalue weighted by Crippen LogP contribution is 2.15. The molecule has 1 saturated heterocycles. The summed E-state index contributed by atoms with van der Waals surface area (Å²) in [5.41, 5.74) is 0. The lowest BCUT2D eigenvalue weighted by atomic mass is 10.1. The number of amides is 2. The summed E-state index contributed by atoms with van der Waals surface area (Å²) in [5.74, 6) is 0.0886. The molecule has 0 saturated carbocycles. The molecule has 2 N–H and O–H groups in total. The summed E-state index contributed by atoms with van der Waals surface area (Å²) < 4.78 is 0. The maximum Gasteiger partial charge on any atom is 0.231 e. The summed E-state index contributed by atoms with van der Waals surface area (Å²) in [6.45, 7) is 2.97. The molecule has 0 aliphatic carbocycles. The molecule has 1 unspecified atom stereocenters. The van der Waals surface area contributed by atoms with Crippen LogP contribution in [0.2, 0.25) is 0 Å². The first-order valence-electron chi connectivity index (χ1n) is 4.19. The molecular weight excluding hydrogens is 170 g/mol. The third kappa shape index (κ3) is 2.27. The van der Waals surface area contributed by atoms with Crippen LogP contribution in [0.25, 0.3) is 0 Å². The number of carbonyl (C=O) groups excluding carboxylic acids is 2. The van der Waals surface area contributed by atoms with Crippen LogP contribution in [-0.2, 0) is 9.59 Å². The molecule has 0 aromatic rings. The average molecular weight is 183 g/mol. The van der Waals surface area contributed by atoms with Gasteiger partial charge in [0.1, 0.15) is 0 Å². The minimum atomic E-state index is -0.237. The minimum Gasteiger partial charge on any atom is -0.360 e. The summed E-state index contributed by atoms with van der Waals surface area (Å²) >= 11 is 0. The lowest BCUT2D eigenvalue weighted by Gasteiger charge is -2.15. The van der Waals surface area contributed by atoms with Crippen molar-refractivity contribution in [2.45, 2.75) is 13.3 Å². The number of amidine groups is 1. The zero-order valence-corrected chi connectivity index (χ0v) is 7.54. The molecule has 1 rings (SSSR count). The number of likely N-dealkylation sites (tertiary alicyclic amines) is 1. The van der Waals surface area contributed by atoms with Gasteiger partial charge in [-0.05, 0) is 13.3 Å². The van der Waals surface area contributed by atoms with Crippen LogP contribution in [0.5, 0.6) is 0 Å². The van der Waals surface area contributed by atoms with Gasteiger partial charge in [0.2, 0.25) is 12.3 Å². The maximum absolute atomic E-state index is 11.2. The van der Waals surface area contributed by atoms with E-state index < -0.39 is 0 Å². The second-order valence-corrected chi connectivity index (χ2v) is 3.14. The van der Waals surface area contributed by atoms with Gasteiger partial charge < -0.3 is 4.90 Å². The molecule has 5 nitrogen and oxygen atoms in total. The van der Waals surface area contributed by atoms with Gasteiger partial charge >= 0.3 is 0 Å². The van der Waals surface area contributed by atoms with Crippen molar-refractivity contribution in [3.63, 3.8) is 0 Å². The predicted octanol–water partition coefficient (Wildman–Crippen LogP) is -0.422. The fourth-order valence-corrected chi connectivity index (χ4v) is 1.45. The topological polar surface area (TPSA) is 73.3 Å². The Morgan fingerprint density at radius 2 is 2.38 bits per heavy atom. The van der Waals surface area contributed by atoms with E-state index in [4.69, 9.17) is 5.41 Å². The molecule has 13 heavy (non-hydrogen) atoms.